The summed E-state index contributed by atoms with van der Waals surface area (Å²) in [6.07, 6.45) is 7.59. The summed E-state index contributed by atoms with van der Waals surface area (Å²) in [5, 5.41) is 10.1. The lowest BCUT2D eigenvalue weighted by Crippen LogP contribution is -2.28. The fourth-order valence-electron chi connectivity index (χ4n) is 2.40. The monoisotopic (exact) mass is 228 g/mol. The predicted molar refractivity (Wildman–Crippen MR) is 62.1 cm³/mol. The van der Waals surface area contributed by atoms with Crippen LogP contribution in [0.3, 0.4) is 0 Å². The van der Waals surface area contributed by atoms with Crippen LogP contribution in [0.4, 0.5) is 0 Å². The summed E-state index contributed by atoms with van der Waals surface area (Å²) in [5.41, 5.74) is -0.462. The first-order chi connectivity index (χ1) is 7.68. The Labute approximate surface area is 98.1 Å². The summed E-state index contributed by atoms with van der Waals surface area (Å²) in [6.45, 7) is 3.51. The molecule has 0 aromatic carbocycles. The largest absolute Gasteiger partial charge is 0.390 e. The maximum atomic E-state index is 10.1. The van der Waals surface area contributed by atoms with Crippen molar-refractivity contribution in [3.05, 3.63) is 0 Å². The number of rotatable bonds is 6. The van der Waals surface area contributed by atoms with E-state index in [1.165, 1.54) is 19.3 Å². The molecule has 1 saturated heterocycles. The van der Waals surface area contributed by atoms with E-state index >= 15 is 0 Å². The first kappa shape index (κ1) is 12.3. The van der Waals surface area contributed by atoms with E-state index in [1.54, 1.807) is 0 Å². The molecule has 1 saturated carbocycles. The van der Waals surface area contributed by atoms with Gasteiger partial charge in [-0.1, -0.05) is 0 Å². The molecule has 1 aliphatic carbocycles. The van der Waals surface area contributed by atoms with E-state index in [-0.39, 0.29) is 6.29 Å². The molecule has 2 unspecified atom stereocenters. The Bertz CT molecular complexity index is 205. The Morgan fingerprint density at radius 1 is 1.31 bits per heavy atom. The lowest BCUT2D eigenvalue weighted by atomic mass is 9.95. The van der Waals surface area contributed by atoms with Gasteiger partial charge in [0.1, 0.15) is 0 Å². The van der Waals surface area contributed by atoms with Crippen LogP contribution in [-0.2, 0) is 9.47 Å². The van der Waals surface area contributed by atoms with E-state index in [1.807, 2.05) is 6.92 Å². The molecule has 0 bridgehead atoms. The molecule has 0 radical (unpaired) electrons. The van der Waals surface area contributed by atoms with Crippen LogP contribution in [0.25, 0.3) is 0 Å². The fraction of sp³-hybridized carbons (Fsp3) is 1.00. The lowest BCUT2D eigenvalue weighted by Gasteiger charge is -2.25. The average molecular weight is 228 g/mol. The van der Waals surface area contributed by atoms with Gasteiger partial charge in [0, 0.05) is 13.2 Å². The standard InChI is InChI=1S/C13H24O3/c1-13(14,11-6-7-11)8-4-10-16-12-5-2-3-9-15-12/h11-12,14H,2-10H2,1H3. The second kappa shape index (κ2) is 5.48. The summed E-state index contributed by atoms with van der Waals surface area (Å²) < 4.78 is 11.1. The molecule has 2 fully saturated rings. The summed E-state index contributed by atoms with van der Waals surface area (Å²) >= 11 is 0. The van der Waals surface area contributed by atoms with Crippen molar-refractivity contribution >= 4 is 0 Å². The van der Waals surface area contributed by atoms with Crippen molar-refractivity contribution in [3.8, 4) is 0 Å². The van der Waals surface area contributed by atoms with Gasteiger partial charge < -0.3 is 14.6 Å². The Kier molecular flexibility index (Phi) is 4.22. The molecule has 94 valence electrons. The minimum atomic E-state index is -0.462. The Morgan fingerprint density at radius 3 is 2.75 bits per heavy atom. The van der Waals surface area contributed by atoms with Gasteiger partial charge in [-0.3, -0.25) is 0 Å². The van der Waals surface area contributed by atoms with Crippen molar-refractivity contribution in [2.45, 2.75) is 63.8 Å². The second-order valence-electron chi connectivity index (χ2n) is 5.40. The molecule has 3 nitrogen and oxygen atoms in total. The average Bonchev–Trinajstić information content (AvgIpc) is 3.10. The number of hydrogen-bond acceptors (Lipinski definition) is 3. The Hall–Kier alpha value is -0.120. The van der Waals surface area contributed by atoms with Crippen LogP contribution in [0.1, 0.15) is 51.9 Å². The van der Waals surface area contributed by atoms with E-state index in [0.29, 0.717) is 12.5 Å². The maximum absolute atomic E-state index is 10.1. The van der Waals surface area contributed by atoms with Crippen molar-refractivity contribution < 1.29 is 14.6 Å². The van der Waals surface area contributed by atoms with Gasteiger partial charge in [-0.25, -0.2) is 0 Å². The van der Waals surface area contributed by atoms with Crippen LogP contribution in [0.5, 0.6) is 0 Å². The van der Waals surface area contributed by atoms with Crippen LogP contribution < -0.4 is 0 Å². The van der Waals surface area contributed by atoms with Crippen molar-refractivity contribution in [1.82, 2.24) is 0 Å². The van der Waals surface area contributed by atoms with Crippen LogP contribution in [0.2, 0.25) is 0 Å². The summed E-state index contributed by atoms with van der Waals surface area (Å²) in [7, 11) is 0. The fourth-order valence-corrected chi connectivity index (χ4v) is 2.40. The second-order valence-corrected chi connectivity index (χ2v) is 5.40. The molecule has 0 aromatic heterocycles. The highest BCUT2D eigenvalue weighted by molar-refractivity contribution is 4.90. The van der Waals surface area contributed by atoms with E-state index < -0.39 is 5.60 Å². The Balaban J connectivity index is 1.54. The molecule has 0 amide bonds. The summed E-state index contributed by atoms with van der Waals surface area (Å²) in [5.74, 6) is 0.540. The quantitative estimate of drug-likeness (QED) is 0.710. The normalized spacial score (nSPS) is 30.0. The van der Waals surface area contributed by atoms with E-state index in [4.69, 9.17) is 9.47 Å². The van der Waals surface area contributed by atoms with Crippen LogP contribution in [0.15, 0.2) is 0 Å². The van der Waals surface area contributed by atoms with Crippen LogP contribution in [-0.4, -0.2) is 30.2 Å². The molecular weight excluding hydrogens is 204 g/mol. The van der Waals surface area contributed by atoms with Crippen molar-refractivity contribution in [3.63, 3.8) is 0 Å². The molecule has 0 aromatic rings. The molecule has 2 aliphatic rings. The lowest BCUT2D eigenvalue weighted by molar-refractivity contribution is -0.164. The zero-order valence-corrected chi connectivity index (χ0v) is 10.3. The number of ether oxygens (including phenoxy) is 2. The molecule has 0 spiro atoms. The van der Waals surface area contributed by atoms with Crippen molar-refractivity contribution in [2.75, 3.05) is 13.2 Å². The summed E-state index contributed by atoms with van der Waals surface area (Å²) in [4.78, 5) is 0. The third kappa shape index (κ3) is 3.72. The molecule has 3 heteroatoms. The molecule has 2 rings (SSSR count). The molecule has 16 heavy (non-hydrogen) atoms. The molecule has 2 atom stereocenters. The highest BCUT2D eigenvalue weighted by Gasteiger charge is 2.39. The van der Waals surface area contributed by atoms with E-state index in [2.05, 4.69) is 0 Å². The maximum Gasteiger partial charge on any atom is 0.157 e. The minimum absolute atomic E-state index is 0.0135. The van der Waals surface area contributed by atoms with E-state index in [0.717, 1.165) is 32.3 Å². The van der Waals surface area contributed by atoms with Crippen LogP contribution in [0, 0.1) is 5.92 Å². The smallest absolute Gasteiger partial charge is 0.157 e. The predicted octanol–water partition coefficient (Wildman–Crippen LogP) is 2.47. The molecular formula is C13H24O3. The van der Waals surface area contributed by atoms with Crippen molar-refractivity contribution in [2.24, 2.45) is 5.92 Å². The number of hydrogen-bond donors (Lipinski definition) is 1. The minimum Gasteiger partial charge on any atom is -0.390 e. The highest BCUT2D eigenvalue weighted by atomic mass is 16.7. The zero-order valence-electron chi connectivity index (χ0n) is 10.3. The van der Waals surface area contributed by atoms with Gasteiger partial charge in [-0.15, -0.1) is 0 Å². The van der Waals surface area contributed by atoms with Crippen molar-refractivity contribution in [1.29, 1.82) is 0 Å². The first-order valence-electron chi connectivity index (χ1n) is 6.64. The van der Waals surface area contributed by atoms with Crippen LogP contribution >= 0.6 is 0 Å². The zero-order chi connectivity index (χ0) is 11.4. The summed E-state index contributed by atoms with van der Waals surface area (Å²) in [6, 6.07) is 0. The Morgan fingerprint density at radius 2 is 2.12 bits per heavy atom. The van der Waals surface area contributed by atoms with Gasteiger partial charge in [0.2, 0.25) is 0 Å². The van der Waals surface area contributed by atoms with Gasteiger partial charge in [0.15, 0.2) is 6.29 Å². The molecule has 1 heterocycles. The topological polar surface area (TPSA) is 38.7 Å². The van der Waals surface area contributed by atoms with Gasteiger partial charge in [0.05, 0.1) is 5.60 Å². The molecule has 1 N–H and O–H groups in total. The van der Waals surface area contributed by atoms with E-state index in [9.17, 15) is 5.11 Å². The third-order valence-corrected chi connectivity index (χ3v) is 3.73. The highest BCUT2D eigenvalue weighted by Crippen LogP contribution is 2.41. The number of aliphatic hydroxyl groups is 1. The van der Waals surface area contributed by atoms with Gasteiger partial charge in [-0.2, -0.15) is 0 Å². The van der Waals surface area contributed by atoms with Gasteiger partial charge in [0.25, 0.3) is 0 Å². The third-order valence-electron chi connectivity index (χ3n) is 3.73. The van der Waals surface area contributed by atoms with Gasteiger partial charge >= 0.3 is 0 Å². The first-order valence-corrected chi connectivity index (χ1v) is 6.64. The van der Waals surface area contributed by atoms with Gasteiger partial charge in [-0.05, 0) is 57.8 Å². The SMILES string of the molecule is CC(O)(CCCOC1CCCCO1)C1CC1. The molecule has 1 aliphatic heterocycles.